The lowest BCUT2D eigenvalue weighted by molar-refractivity contribution is 0.00718. The number of thiocarbonyl (C=S) groups is 1. The van der Waals surface area contributed by atoms with Gasteiger partial charge in [-0.15, -0.1) is 0 Å². The number of para-hydroxylation sites is 1. The fourth-order valence-electron chi connectivity index (χ4n) is 2.23. The van der Waals surface area contributed by atoms with Crippen molar-refractivity contribution in [2.75, 3.05) is 12.4 Å². The number of carbonyl (C=O) groups excluding carboxylic acids is 2. The van der Waals surface area contributed by atoms with E-state index in [1.54, 1.807) is 32.9 Å². The monoisotopic (exact) mass is 379 g/mol. The summed E-state index contributed by atoms with van der Waals surface area (Å²) in [5, 5.41) is 0.683. The first kappa shape index (κ1) is 19.5. The summed E-state index contributed by atoms with van der Waals surface area (Å²) in [6.07, 6.45) is 1.53. The molecule has 0 spiro atoms. The quantitative estimate of drug-likeness (QED) is 0.583. The van der Waals surface area contributed by atoms with Crippen molar-refractivity contribution in [2.24, 2.45) is 0 Å². The van der Waals surface area contributed by atoms with Crippen LogP contribution in [0.2, 0.25) is 0 Å². The number of esters is 1. The van der Waals surface area contributed by atoms with Crippen LogP contribution >= 0.6 is 24.0 Å². The fourth-order valence-corrected chi connectivity index (χ4v) is 3.11. The van der Waals surface area contributed by atoms with Crippen LogP contribution in [-0.2, 0) is 9.47 Å². The average Bonchev–Trinajstić information content (AvgIpc) is 2.91. The predicted molar refractivity (Wildman–Crippen MR) is 104 cm³/mol. The maximum atomic E-state index is 12.6. The van der Waals surface area contributed by atoms with Crippen molar-refractivity contribution < 1.29 is 19.1 Å². The minimum atomic E-state index is -0.607. The fraction of sp³-hybridized carbons (Fsp3) is 0.389. The van der Waals surface area contributed by atoms with Crippen LogP contribution in [0.5, 0.6) is 0 Å². The highest BCUT2D eigenvalue weighted by atomic mass is 32.2. The van der Waals surface area contributed by atoms with Gasteiger partial charge in [-0.1, -0.05) is 30.0 Å². The van der Waals surface area contributed by atoms with Crippen molar-refractivity contribution in [3.63, 3.8) is 0 Å². The Labute approximate surface area is 156 Å². The maximum absolute atomic E-state index is 12.6. The van der Waals surface area contributed by atoms with Crippen molar-refractivity contribution in [3.05, 3.63) is 36.0 Å². The number of thioether (sulfide) groups is 1. The van der Waals surface area contributed by atoms with Crippen LogP contribution in [0.15, 0.2) is 30.5 Å². The van der Waals surface area contributed by atoms with Gasteiger partial charge in [0.05, 0.1) is 23.4 Å². The average molecular weight is 380 g/mol. The zero-order chi connectivity index (χ0) is 18.6. The standard InChI is InChI=1S/C18H21NO4S2/c1-5-22-17(24)25-11-15(20)19-10-13(16(21)23-18(2,3)4)12-8-6-7-9-14(12)19/h6-10H,5,11H2,1-4H3. The summed E-state index contributed by atoms with van der Waals surface area (Å²) in [6, 6.07) is 7.25. The summed E-state index contributed by atoms with van der Waals surface area (Å²) in [4.78, 5) is 25.0. The lowest BCUT2D eigenvalue weighted by atomic mass is 10.1. The van der Waals surface area contributed by atoms with Gasteiger partial charge in [-0.25, -0.2) is 4.79 Å². The number of ether oxygens (including phenoxy) is 2. The second-order valence-electron chi connectivity index (χ2n) is 6.30. The van der Waals surface area contributed by atoms with Crippen molar-refractivity contribution in [1.29, 1.82) is 0 Å². The minimum absolute atomic E-state index is 0.130. The summed E-state index contributed by atoms with van der Waals surface area (Å²) >= 11 is 6.19. The van der Waals surface area contributed by atoms with Gasteiger partial charge in [-0.2, -0.15) is 0 Å². The largest absolute Gasteiger partial charge is 0.479 e. The van der Waals surface area contributed by atoms with Crippen LogP contribution in [0.25, 0.3) is 10.9 Å². The normalized spacial score (nSPS) is 11.4. The number of rotatable bonds is 4. The molecule has 0 atom stereocenters. The molecule has 1 aromatic heterocycles. The highest BCUT2D eigenvalue weighted by Gasteiger charge is 2.23. The van der Waals surface area contributed by atoms with Crippen LogP contribution in [0.4, 0.5) is 0 Å². The van der Waals surface area contributed by atoms with Crippen molar-refractivity contribution in [3.8, 4) is 0 Å². The molecule has 1 aromatic carbocycles. The van der Waals surface area contributed by atoms with Gasteiger partial charge in [0, 0.05) is 11.6 Å². The van der Waals surface area contributed by atoms with E-state index in [0.717, 1.165) is 11.8 Å². The molecule has 2 aromatic rings. The molecule has 0 saturated heterocycles. The van der Waals surface area contributed by atoms with Crippen LogP contribution in [0.3, 0.4) is 0 Å². The molecular formula is C18H21NO4S2. The number of hydrogen-bond donors (Lipinski definition) is 0. The number of fused-ring (bicyclic) bond motifs is 1. The zero-order valence-corrected chi connectivity index (χ0v) is 16.3. The van der Waals surface area contributed by atoms with E-state index in [-0.39, 0.29) is 11.7 Å². The predicted octanol–water partition coefficient (Wildman–Crippen LogP) is 4.29. The van der Waals surface area contributed by atoms with Gasteiger partial charge in [0.1, 0.15) is 5.60 Å². The Hall–Kier alpha value is -1.86. The van der Waals surface area contributed by atoms with Gasteiger partial charge in [0.2, 0.25) is 10.3 Å². The number of hydrogen-bond acceptors (Lipinski definition) is 6. The Morgan fingerprint density at radius 3 is 2.56 bits per heavy atom. The molecule has 0 aliphatic carbocycles. The van der Waals surface area contributed by atoms with Gasteiger partial charge in [0.25, 0.3) is 0 Å². The summed E-state index contributed by atoms with van der Waals surface area (Å²) < 4.78 is 12.4. The highest BCUT2D eigenvalue weighted by molar-refractivity contribution is 8.23. The van der Waals surface area contributed by atoms with Crippen molar-refractivity contribution in [2.45, 2.75) is 33.3 Å². The van der Waals surface area contributed by atoms with E-state index in [4.69, 9.17) is 21.7 Å². The van der Waals surface area contributed by atoms with E-state index in [1.807, 2.05) is 19.1 Å². The first-order valence-corrected chi connectivity index (χ1v) is 9.28. The summed E-state index contributed by atoms with van der Waals surface area (Å²) in [5.41, 5.74) is 0.427. The molecule has 1 heterocycles. The summed E-state index contributed by atoms with van der Waals surface area (Å²) in [6.45, 7) is 7.72. The topological polar surface area (TPSA) is 57.5 Å². The molecule has 0 radical (unpaired) electrons. The smallest absolute Gasteiger partial charge is 0.340 e. The Balaban J connectivity index is 2.30. The third-order valence-electron chi connectivity index (χ3n) is 3.18. The molecule has 134 valence electrons. The molecule has 5 nitrogen and oxygen atoms in total. The van der Waals surface area contributed by atoms with Crippen LogP contribution in [0, 0.1) is 0 Å². The second-order valence-corrected chi connectivity index (χ2v) is 7.87. The van der Waals surface area contributed by atoms with Gasteiger partial charge >= 0.3 is 5.97 Å². The van der Waals surface area contributed by atoms with E-state index < -0.39 is 11.6 Å². The number of nitrogens with zero attached hydrogens (tertiary/aromatic N) is 1. The molecule has 0 fully saturated rings. The Bertz CT molecular complexity index is 805. The SMILES string of the molecule is CCOC(=S)SCC(=O)n1cc(C(=O)OC(C)(C)C)c2ccccc21. The number of benzene rings is 1. The molecule has 0 bridgehead atoms. The van der Waals surface area contributed by atoms with E-state index in [9.17, 15) is 9.59 Å². The molecule has 0 amide bonds. The molecular weight excluding hydrogens is 358 g/mol. The number of carbonyl (C=O) groups is 2. The van der Waals surface area contributed by atoms with Gasteiger partial charge in [0.15, 0.2) is 0 Å². The van der Waals surface area contributed by atoms with Crippen LogP contribution in [-0.4, -0.2) is 38.8 Å². The van der Waals surface area contributed by atoms with E-state index >= 15 is 0 Å². The summed E-state index contributed by atoms with van der Waals surface area (Å²) in [7, 11) is 0. The lowest BCUT2D eigenvalue weighted by Gasteiger charge is -2.19. The minimum Gasteiger partial charge on any atom is -0.479 e. The summed E-state index contributed by atoms with van der Waals surface area (Å²) in [5.74, 6) is -0.503. The number of aromatic nitrogens is 1. The van der Waals surface area contributed by atoms with Gasteiger partial charge < -0.3 is 9.47 Å². The lowest BCUT2D eigenvalue weighted by Crippen LogP contribution is -2.23. The third-order valence-corrected chi connectivity index (χ3v) is 4.39. The second kappa shape index (κ2) is 8.01. The molecule has 0 N–H and O–H groups in total. The molecule has 2 rings (SSSR count). The first-order valence-electron chi connectivity index (χ1n) is 7.89. The van der Waals surface area contributed by atoms with E-state index in [2.05, 4.69) is 0 Å². The molecule has 7 heteroatoms. The van der Waals surface area contributed by atoms with E-state index in [0.29, 0.717) is 27.5 Å². The van der Waals surface area contributed by atoms with Crippen molar-refractivity contribution in [1.82, 2.24) is 4.57 Å². The molecule has 0 aliphatic rings. The van der Waals surface area contributed by atoms with E-state index in [1.165, 1.54) is 10.8 Å². The Morgan fingerprint density at radius 2 is 1.92 bits per heavy atom. The zero-order valence-electron chi connectivity index (χ0n) is 14.7. The Kier molecular flexibility index (Phi) is 6.24. The maximum Gasteiger partial charge on any atom is 0.340 e. The molecule has 25 heavy (non-hydrogen) atoms. The van der Waals surface area contributed by atoms with Gasteiger partial charge in [-0.05, 0) is 46.0 Å². The van der Waals surface area contributed by atoms with Crippen LogP contribution < -0.4 is 0 Å². The highest BCUT2D eigenvalue weighted by Crippen LogP contribution is 2.24. The van der Waals surface area contributed by atoms with Crippen LogP contribution in [0.1, 0.15) is 42.8 Å². The molecule has 0 unspecified atom stereocenters. The molecule has 0 aliphatic heterocycles. The van der Waals surface area contributed by atoms with Crippen molar-refractivity contribution >= 4 is 51.1 Å². The van der Waals surface area contributed by atoms with Gasteiger partial charge in [-0.3, -0.25) is 9.36 Å². The third kappa shape index (κ3) is 5.06. The first-order chi connectivity index (χ1) is 11.7. The molecule has 0 saturated carbocycles. The Morgan fingerprint density at radius 1 is 1.24 bits per heavy atom.